The molecular weight excluding hydrogens is 280 g/mol. The second-order valence-electron chi connectivity index (χ2n) is 5.61. The highest BCUT2D eigenvalue weighted by atomic mass is 16.5. The van der Waals surface area contributed by atoms with Crippen LogP contribution in [0, 0.1) is 0 Å². The van der Waals surface area contributed by atoms with Crippen molar-refractivity contribution in [3.8, 4) is 5.75 Å². The Balaban J connectivity index is 1.67. The molecule has 1 aliphatic carbocycles. The molecule has 0 aliphatic heterocycles. The minimum absolute atomic E-state index is 0.248. The lowest BCUT2D eigenvalue weighted by atomic mass is 9.91. The second kappa shape index (κ2) is 7.84. The zero-order valence-corrected chi connectivity index (χ0v) is 13.0. The molecule has 1 aromatic rings. The van der Waals surface area contributed by atoms with Gasteiger partial charge in [0, 0.05) is 6.54 Å². The smallest absolute Gasteiger partial charge is 0.314 e. The van der Waals surface area contributed by atoms with E-state index in [2.05, 4.69) is 10.6 Å². The van der Waals surface area contributed by atoms with Crippen molar-refractivity contribution in [3.63, 3.8) is 0 Å². The molecule has 5 nitrogen and oxygen atoms in total. The fourth-order valence-corrected chi connectivity index (χ4v) is 2.47. The Labute approximate surface area is 131 Å². The van der Waals surface area contributed by atoms with Crippen molar-refractivity contribution in [3.05, 3.63) is 42.0 Å². The number of nitrogens with one attached hydrogen (secondary N) is 2. The molecule has 1 unspecified atom stereocenters. The van der Waals surface area contributed by atoms with E-state index in [-0.39, 0.29) is 12.6 Å². The lowest BCUT2D eigenvalue weighted by Crippen LogP contribution is -2.46. The van der Waals surface area contributed by atoms with Crippen LogP contribution in [0.5, 0.6) is 5.75 Å². The predicted molar refractivity (Wildman–Crippen MR) is 86.0 cm³/mol. The summed E-state index contributed by atoms with van der Waals surface area (Å²) in [5, 5.41) is 15.8. The number of ether oxygens (including phenoxy) is 1. The Morgan fingerprint density at radius 1 is 1.32 bits per heavy atom. The first kappa shape index (κ1) is 16.4. The van der Waals surface area contributed by atoms with E-state index in [0.29, 0.717) is 13.0 Å². The first-order valence-electron chi connectivity index (χ1n) is 7.66. The van der Waals surface area contributed by atoms with E-state index in [1.807, 2.05) is 30.3 Å². The summed E-state index contributed by atoms with van der Waals surface area (Å²) in [5.41, 5.74) is 0.237. The van der Waals surface area contributed by atoms with E-state index in [1.165, 1.54) is 0 Å². The summed E-state index contributed by atoms with van der Waals surface area (Å²) in [6.07, 6.45) is 7.14. The van der Waals surface area contributed by atoms with Gasteiger partial charge in [-0.3, -0.25) is 0 Å². The van der Waals surface area contributed by atoms with E-state index >= 15 is 0 Å². The maximum absolute atomic E-state index is 11.7. The van der Waals surface area contributed by atoms with Gasteiger partial charge in [0.2, 0.25) is 0 Å². The number of urea groups is 1. The van der Waals surface area contributed by atoms with Crippen molar-refractivity contribution in [2.75, 3.05) is 20.2 Å². The minimum atomic E-state index is -0.897. The third-order valence-corrected chi connectivity index (χ3v) is 3.82. The number of rotatable bonds is 6. The predicted octanol–water partition coefficient (Wildman–Crippen LogP) is 2.01. The van der Waals surface area contributed by atoms with Crippen molar-refractivity contribution in [2.45, 2.75) is 31.3 Å². The molecule has 0 bridgehead atoms. The number of benzene rings is 1. The fraction of sp³-hybridized carbons (Fsp3) is 0.471. The number of amides is 2. The Hall–Kier alpha value is -2.01. The molecule has 0 aromatic heterocycles. The molecule has 0 saturated carbocycles. The average Bonchev–Trinajstić information content (AvgIpc) is 2.54. The fourth-order valence-electron chi connectivity index (χ4n) is 2.47. The van der Waals surface area contributed by atoms with Crippen molar-refractivity contribution in [1.29, 1.82) is 0 Å². The van der Waals surface area contributed by atoms with Gasteiger partial charge in [-0.25, -0.2) is 4.79 Å². The third-order valence-electron chi connectivity index (χ3n) is 3.82. The van der Waals surface area contributed by atoms with Gasteiger partial charge < -0.3 is 20.5 Å². The molecule has 1 aliphatic rings. The van der Waals surface area contributed by atoms with Crippen LogP contribution in [0.4, 0.5) is 4.79 Å². The molecule has 1 atom stereocenters. The number of allylic oxidation sites excluding steroid dienone is 1. The molecule has 2 rings (SSSR count). The Morgan fingerprint density at radius 2 is 2.09 bits per heavy atom. The summed E-state index contributed by atoms with van der Waals surface area (Å²) in [5.74, 6) is 0.822. The van der Waals surface area contributed by atoms with Gasteiger partial charge in [0.25, 0.3) is 0 Å². The zero-order valence-electron chi connectivity index (χ0n) is 13.0. The van der Waals surface area contributed by atoms with Gasteiger partial charge in [0.05, 0.1) is 13.7 Å². The molecule has 0 spiro atoms. The van der Waals surface area contributed by atoms with Crippen LogP contribution in [0.15, 0.2) is 36.4 Å². The van der Waals surface area contributed by atoms with E-state index in [4.69, 9.17) is 4.74 Å². The average molecular weight is 304 g/mol. The van der Waals surface area contributed by atoms with E-state index in [0.717, 1.165) is 30.6 Å². The molecule has 5 heteroatoms. The maximum Gasteiger partial charge on any atom is 0.314 e. The quantitative estimate of drug-likeness (QED) is 0.704. The summed E-state index contributed by atoms with van der Waals surface area (Å²) >= 11 is 0. The summed E-state index contributed by atoms with van der Waals surface area (Å²) in [6, 6.07) is 7.52. The first-order valence-corrected chi connectivity index (χ1v) is 7.66. The van der Waals surface area contributed by atoms with Crippen LogP contribution in [0.3, 0.4) is 0 Å². The number of carbonyl (C=O) groups excluding carboxylic acids is 1. The third kappa shape index (κ3) is 5.07. The highest BCUT2D eigenvalue weighted by Crippen LogP contribution is 2.20. The molecule has 0 radical (unpaired) electrons. The Kier molecular flexibility index (Phi) is 5.83. The Bertz CT molecular complexity index is 513. The standard InChI is InChI=1S/C17H24N2O3/c1-22-15-7-5-14(6-8-15)9-12-18-16(20)19-13-17(21)10-3-2-4-11-17/h3,5-8,10,21H,2,4,9,11-13H2,1H3,(H2,18,19,20). The maximum atomic E-state index is 11.7. The Morgan fingerprint density at radius 3 is 2.73 bits per heavy atom. The van der Waals surface area contributed by atoms with Crippen LogP contribution in [0.2, 0.25) is 0 Å². The van der Waals surface area contributed by atoms with E-state index < -0.39 is 5.60 Å². The van der Waals surface area contributed by atoms with Crippen molar-refractivity contribution >= 4 is 6.03 Å². The van der Waals surface area contributed by atoms with Crippen LogP contribution in [0.25, 0.3) is 0 Å². The second-order valence-corrected chi connectivity index (χ2v) is 5.61. The summed E-state index contributed by atoms with van der Waals surface area (Å²) in [4.78, 5) is 11.7. The van der Waals surface area contributed by atoms with Gasteiger partial charge in [-0.05, 0) is 43.4 Å². The molecular formula is C17H24N2O3. The van der Waals surface area contributed by atoms with Gasteiger partial charge in [-0.2, -0.15) is 0 Å². The SMILES string of the molecule is COc1ccc(CCNC(=O)NCC2(O)C=CCCC2)cc1. The normalized spacial score (nSPS) is 20.5. The zero-order chi connectivity index (χ0) is 15.8. The van der Waals surface area contributed by atoms with Crippen molar-refractivity contribution in [1.82, 2.24) is 10.6 Å². The van der Waals surface area contributed by atoms with Crippen molar-refractivity contribution in [2.24, 2.45) is 0 Å². The number of hydrogen-bond donors (Lipinski definition) is 3. The largest absolute Gasteiger partial charge is 0.497 e. The number of methoxy groups -OCH3 is 1. The molecule has 2 amide bonds. The van der Waals surface area contributed by atoms with Crippen molar-refractivity contribution < 1.29 is 14.6 Å². The number of carbonyl (C=O) groups is 1. The molecule has 1 aromatic carbocycles. The minimum Gasteiger partial charge on any atom is -0.497 e. The molecule has 3 N–H and O–H groups in total. The van der Waals surface area contributed by atoms with Gasteiger partial charge in [-0.1, -0.05) is 24.3 Å². The lowest BCUT2D eigenvalue weighted by molar-refractivity contribution is 0.0762. The van der Waals surface area contributed by atoms with Crippen LogP contribution in [-0.2, 0) is 6.42 Å². The van der Waals surface area contributed by atoms with Gasteiger partial charge in [0.15, 0.2) is 0 Å². The van der Waals surface area contributed by atoms with Crippen LogP contribution < -0.4 is 15.4 Å². The number of hydrogen-bond acceptors (Lipinski definition) is 3. The molecule has 22 heavy (non-hydrogen) atoms. The highest BCUT2D eigenvalue weighted by molar-refractivity contribution is 5.73. The highest BCUT2D eigenvalue weighted by Gasteiger charge is 2.25. The van der Waals surface area contributed by atoms with Gasteiger partial charge >= 0.3 is 6.03 Å². The summed E-state index contributed by atoms with van der Waals surface area (Å²) in [6.45, 7) is 0.796. The van der Waals surface area contributed by atoms with E-state index in [1.54, 1.807) is 13.2 Å². The monoisotopic (exact) mass is 304 g/mol. The molecule has 0 saturated heterocycles. The lowest BCUT2D eigenvalue weighted by Gasteiger charge is -2.27. The van der Waals surface area contributed by atoms with Gasteiger partial charge in [-0.15, -0.1) is 0 Å². The van der Waals surface area contributed by atoms with E-state index in [9.17, 15) is 9.90 Å². The molecule has 0 fully saturated rings. The topological polar surface area (TPSA) is 70.6 Å². The van der Waals surface area contributed by atoms with Crippen LogP contribution in [-0.4, -0.2) is 36.9 Å². The number of aliphatic hydroxyl groups is 1. The molecule has 120 valence electrons. The summed E-state index contributed by atoms with van der Waals surface area (Å²) in [7, 11) is 1.64. The summed E-state index contributed by atoms with van der Waals surface area (Å²) < 4.78 is 5.10. The van der Waals surface area contributed by atoms with Crippen LogP contribution >= 0.6 is 0 Å². The molecule has 0 heterocycles. The van der Waals surface area contributed by atoms with Gasteiger partial charge in [0.1, 0.15) is 11.4 Å². The first-order chi connectivity index (χ1) is 10.6. The van der Waals surface area contributed by atoms with Crippen LogP contribution in [0.1, 0.15) is 24.8 Å².